The van der Waals surface area contributed by atoms with E-state index in [0.29, 0.717) is 0 Å². The number of hydrogen-bond donors (Lipinski definition) is 10. The number of aromatic amines is 1. The van der Waals surface area contributed by atoms with Gasteiger partial charge < -0.3 is 54.9 Å². The van der Waals surface area contributed by atoms with Crippen LogP contribution in [0.4, 0.5) is 0 Å². The van der Waals surface area contributed by atoms with Gasteiger partial charge >= 0.3 is 21.3 Å². The second-order valence-electron chi connectivity index (χ2n) is 6.90. The van der Waals surface area contributed by atoms with E-state index in [2.05, 4.69) is 8.83 Å². The highest BCUT2D eigenvalue weighted by Gasteiger charge is 2.45. The van der Waals surface area contributed by atoms with Crippen LogP contribution in [0, 0.1) is 0 Å². The minimum atomic E-state index is -5.32. The predicted octanol–water partition coefficient (Wildman–Crippen LogP) is -5.36. The summed E-state index contributed by atoms with van der Waals surface area (Å²) in [5.74, 6) is 0. The molecule has 2 unspecified atom stereocenters. The third-order valence-corrected chi connectivity index (χ3v) is 6.45. The zero-order valence-electron chi connectivity index (χ0n) is 17.4. The SMILES string of the molecule is O=CC(O)C(O)(CO)CO.O=c1ccn([C@@H]2O[C@H](COP(=O)(O)OP(=O)(O)O)[C@@H](O)[C@H]2O)c(=O)[nH]1. The van der Waals surface area contributed by atoms with Crippen molar-refractivity contribution in [2.75, 3.05) is 19.8 Å². The third-order valence-electron chi connectivity index (χ3n) is 4.30. The Morgan fingerprint density at radius 2 is 1.74 bits per heavy atom. The Balaban J connectivity index is 0.000000518. The maximum absolute atomic E-state index is 11.7. The van der Waals surface area contributed by atoms with Crippen molar-refractivity contribution in [1.29, 1.82) is 0 Å². The van der Waals surface area contributed by atoms with E-state index in [-0.39, 0.29) is 6.29 Å². The largest absolute Gasteiger partial charge is 0.481 e. The van der Waals surface area contributed by atoms with Gasteiger partial charge in [-0.05, 0) is 0 Å². The lowest BCUT2D eigenvalue weighted by molar-refractivity contribution is -0.147. The van der Waals surface area contributed by atoms with Crippen molar-refractivity contribution >= 4 is 21.9 Å². The number of H-pyrrole nitrogens is 1. The second-order valence-corrected chi connectivity index (χ2v) is 9.73. The van der Waals surface area contributed by atoms with Gasteiger partial charge in [0.15, 0.2) is 12.5 Å². The number of aliphatic hydroxyl groups excluding tert-OH is 5. The molecule has 1 aromatic rings. The number of aldehydes is 1. The van der Waals surface area contributed by atoms with Gasteiger partial charge in [0.2, 0.25) is 0 Å². The number of carbonyl (C=O) groups is 1. The van der Waals surface area contributed by atoms with Crippen LogP contribution in [-0.4, -0.2) is 111 Å². The van der Waals surface area contributed by atoms with Crippen molar-refractivity contribution in [3.63, 3.8) is 0 Å². The molecule has 1 saturated heterocycles. The zero-order valence-corrected chi connectivity index (χ0v) is 19.2. The summed E-state index contributed by atoms with van der Waals surface area (Å²) in [6.07, 6.45) is -6.95. The quantitative estimate of drug-likeness (QED) is 0.0953. The van der Waals surface area contributed by atoms with Gasteiger partial charge in [0.1, 0.15) is 30.0 Å². The fourth-order valence-corrected chi connectivity index (χ4v) is 4.01. The molecule has 0 aromatic carbocycles. The van der Waals surface area contributed by atoms with Crippen molar-refractivity contribution < 1.29 is 72.8 Å². The monoisotopic (exact) mass is 554 g/mol. The van der Waals surface area contributed by atoms with Gasteiger partial charge in [-0.2, -0.15) is 4.31 Å². The van der Waals surface area contributed by atoms with E-state index in [0.717, 1.165) is 16.8 Å². The Kier molecular flexibility index (Phi) is 11.2. The lowest BCUT2D eigenvalue weighted by Gasteiger charge is -2.24. The summed E-state index contributed by atoms with van der Waals surface area (Å²) >= 11 is 0. The number of phosphoric ester groups is 1. The molecule has 10 N–H and O–H groups in total. The van der Waals surface area contributed by atoms with E-state index < -0.39 is 83.0 Å². The van der Waals surface area contributed by atoms with E-state index in [1.54, 1.807) is 0 Å². The summed E-state index contributed by atoms with van der Waals surface area (Å²) in [5.41, 5.74) is -3.75. The van der Waals surface area contributed by atoms with Gasteiger partial charge in [-0.15, -0.1) is 0 Å². The van der Waals surface area contributed by atoms with Crippen LogP contribution < -0.4 is 11.2 Å². The molecule has 0 spiro atoms. The fraction of sp³-hybridized carbons (Fsp3) is 0.643. The van der Waals surface area contributed by atoms with E-state index in [9.17, 15) is 33.7 Å². The van der Waals surface area contributed by atoms with E-state index >= 15 is 0 Å². The molecule has 1 fully saturated rings. The topological polar surface area (TPSA) is 316 Å². The summed E-state index contributed by atoms with van der Waals surface area (Å²) in [6, 6.07) is 0.962. The molecular formula is C14H24N2O17P2. The number of aromatic nitrogens is 2. The molecule has 0 amide bonds. The molecule has 35 heavy (non-hydrogen) atoms. The van der Waals surface area contributed by atoms with Crippen molar-refractivity contribution in [2.45, 2.75) is 36.2 Å². The van der Waals surface area contributed by atoms with Crippen LogP contribution in [0.3, 0.4) is 0 Å². The van der Waals surface area contributed by atoms with Crippen LogP contribution in [0.25, 0.3) is 0 Å². The number of nitrogens with zero attached hydrogens (tertiary/aromatic N) is 1. The van der Waals surface area contributed by atoms with Crippen LogP contribution in [0.15, 0.2) is 21.9 Å². The van der Waals surface area contributed by atoms with Crippen molar-refractivity contribution in [1.82, 2.24) is 9.55 Å². The zero-order chi connectivity index (χ0) is 27.2. The maximum atomic E-state index is 11.7. The highest BCUT2D eigenvalue weighted by Crippen LogP contribution is 2.57. The second kappa shape index (κ2) is 12.5. The number of ether oxygens (including phenoxy) is 1. The first-order chi connectivity index (χ1) is 16.0. The van der Waals surface area contributed by atoms with Crippen LogP contribution in [0.5, 0.6) is 0 Å². The number of hydrogen-bond acceptors (Lipinski definition) is 14. The first-order valence-corrected chi connectivity index (χ1v) is 12.2. The molecule has 0 radical (unpaired) electrons. The molecule has 0 bridgehead atoms. The number of nitrogens with one attached hydrogen (secondary N) is 1. The smallest absolute Gasteiger partial charge is 0.393 e. The number of aliphatic hydroxyl groups is 6. The number of carbonyl (C=O) groups excluding carboxylic acids is 1. The Morgan fingerprint density at radius 1 is 1.17 bits per heavy atom. The van der Waals surface area contributed by atoms with Crippen molar-refractivity contribution in [2.24, 2.45) is 0 Å². The molecule has 1 aromatic heterocycles. The molecular weight excluding hydrogens is 530 g/mol. The Morgan fingerprint density at radius 3 is 2.17 bits per heavy atom. The summed E-state index contributed by atoms with van der Waals surface area (Å²) in [6.45, 7) is -2.62. The molecule has 21 heteroatoms. The van der Waals surface area contributed by atoms with Crippen LogP contribution in [0.2, 0.25) is 0 Å². The lowest BCUT2D eigenvalue weighted by atomic mass is 10.0. The summed E-state index contributed by atoms with van der Waals surface area (Å²) in [5, 5.41) is 54.0. The van der Waals surface area contributed by atoms with Gasteiger partial charge in [-0.1, -0.05) is 0 Å². The molecule has 0 saturated carbocycles. The molecule has 202 valence electrons. The first kappa shape index (κ1) is 31.4. The van der Waals surface area contributed by atoms with E-state index in [1.807, 2.05) is 4.98 Å². The Bertz CT molecular complexity index is 1050. The van der Waals surface area contributed by atoms with Crippen LogP contribution in [-0.2, 0) is 27.5 Å². The minimum absolute atomic E-state index is 0.0481. The number of phosphoric acid groups is 2. The summed E-state index contributed by atoms with van der Waals surface area (Å²) in [7, 11) is -10.5. The van der Waals surface area contributed by atoms with Gasteiger partial charge in [-0.3, -0.25) is 18.9 Å². The fourth-order valence-electron chi connectivity index (χ4n) is 2.41. The number of rotatable bonds is 10. The van der Waals surface area contributed by atoms with Crippen molar-refractivity contribution in [3.05, 3.63) is 33.1 Å². The Hall–Kier alpha value is -1.67. The average Bonchev–Trinajstić information content (AvgIpc) is 3.04. The van der Waals surface area contributed by atoms with Gasteiger partial charge in [0.05, 0.1) is 19.8 Å². The van der Waals surface area contributed by atoms with Gasteiger partial charge in [-0.25, -0.2) is 13.9 Å². The lowest BCUT2D eigenvalue weighted by Crippen LogP contribution is -2.49. The van der Waals surface area contributed by atoms with E-state index in [4.69, 9.17) is 39.8 Å². The molecule has 1 aliphatic rings. The molecule has 0 aliphatic carbocycles. The van der Waals surface area contributed by atoms with Gasteiger partial charge in [0.25, 0.3) is 5.56 Å². The highest BCUT2D eigenvalue weighted by atomic mass is 31.3. The predicted molar refractivity (Wildman–Crippen MR) is 107 cm³/mol. The standard InChI is InChI=1S/C9H14N2O12P2.C5H10O5/c12-5-1-2-11(9(15)10-5)8-7(14)6(13)4(22-8)3-21-25(19,20)23-24(16,17)18;6-1-4(9)5(10,2-7)3-8/h1-2,4,6-8,13-14H,3H2,(H,19,20)(H,10,12,15)(H2,16,17,18);1,4,7-10H,2-3H2/t4-,6-,7-,8-;/m1./s1. The van der Waals surface area contributed by atoms with Crippen molar-refractivity contribution in [3.8, 4) is 0 Å². The van der Waals surface area contributed by atoms with Gasteiger partial charge in [0, 0.05) is 12.3 Å². The molecule has 2 heterocycles. The molecule has 19 nitrogen and oxygen atoms in total. The maximum Gasteiger partial charge on any atom is 0.481 e. The summed E-state index contributed by atoms with van der Waals surface area (Å²) in [4.78, 5) is 60.5. The highest BCUT2D eigenvalue weighted by molar-refractivity contribution is 7.60. The first-order valence-electron chi connectivity index (χ1n) is 9.15. The Labute approximate surface area is 194 Å². The average molecular weight is 554 g/mol. The van der Waals surface area contributed by atoms with Crippen LogP contribution in [0.1, 0.15) is 6.23 Å². The molecule has 6 atom stereocenters. The summed E-state index contributed by atoms with van der Waals surface area (Å²) < 4.78 is 35.6. The minimum Gasteiger partial charge on any atom is -0.393 e. The molecule has 1 aliphatic heterocycles. The normalized spacial score (nSPS) is 25.3. The van der Waals surface area contributed by atoms with E-state index in [1.165, 1.54) is 0 Å². The molecule has 2 rings (SSSR count). The third kappa shape index (κ3) is 9.05. The van der Waals surface area contributed by atoms with Crippen LogP contribution >= 0.6 is 15.6 Å².